The minimum atomic E-state index is -0.472. The minimum absolute atomic E-state index is 0.0517. The number of amides is 1. The van der Waals surface area contributed by atoms with Crippen LogP contribution in [0.15, 0.2) is 64.3 Å². The summed E-state index contributed by atoms with van der Waals surface area (Å²) in [7, 11) is 0. The fourth-order valence-electron chi connectivity index (χ4n) is 4.39. The van der Waals surface area contributed by atoms with E-state index in [1.54, 1.807) is 19.1 Å². The summed E-state index contributed by atoms with van der Waals surface area (Å²) in [4.78, 5) is 34.8. The van der Waals surface area contributed by atoms with Gasteiger partial charge in [0.2, 0.25) is 5.91 Å². The van der Waals surface area contributed by atoms with Crippen molar-refractivity contribution in [3.8, 4) is 0 Å². The number of allylic oxidation sites excluding steroid dienone is 1. The lowest BCUT2D eigenvalue weighted by molar-refractivity contribution is -0.138. The lowest BCUT2D eigenvalue weighted by Crippen LogP contribution is -2.39. The molecule has 1 fully saturated rings. The molecule has 1 atom stereocenters. The molecule has 1 aromatic carbocycles. The van der Waals surface area contributed by atoms with Crippen molar-refractivity contribution in [3.05, 3.63) is 69.9 Å². The van der Waals surface area contributed by atoms with Gasteiger partial charge in [0.25, 0.3) is 0 Å². The fourth-order valence-corrected chi connectivity index (χ4v) is 5.48. The highest BCUT2D eigenvalue weighted by Gasteiger charge is 2.41. The van der Waals surface area contributed by atoms with Crippen LogP contribution in [0.1, 0.15) is 37.8 Å². The molecular formula is C25H29ClN4O3S. The number of amidine groups is 1. The number of thioether (sulfide) groups is 1. The number of nitrogens with zero attached hydrogens (tertiary/aromatic N) is 3. The molecule has 1 N–H and O–H groups in total. The standard InChI is InChI=1S/C25H29ClN4O3S/c1-3-14-33-24(32)22-17(2)28-25-30(23(22)18-6-8-19(26)9-7-18)20(16-34-25)15-21(31)27-10-13-29-11-4-5-12-29/h3,6-9,16,23H,1,4-5,10-15H2,2H3,(H,27,31)/t23-/m1/s1. The van der Waals surface area contributed by atoms with Crippen molar-refractivity contribution in [1.29, 1.82) is 0 Å². The summed E-state index contributed by atoms with van der Waals surface area (Å²) in [5.74, 6) is -0.504. The van der Waals surface area contributed by atoms with Crippen LogP contribution in [0.5, 0.6) is 0 Å². The molecule has 180 valence electrons. The number of carbonyl (C=O) groups is 2. The van der Waals surface area contributed by atoms with Gasteiger partial charge in [-0.25, -0.2) is 9.79 Å². The maximum Gasteiger partial charge on any atom is 0.338 e. The second-order valence-electron chi connectivity index (χ2n) is 8.41. The van der Waals surface area contributed by atoms with Crippen molar-refractivity contribution >= 4 is 40.4 Å². The number of halogens is 1. The van der Waals surface area contributed by atoms with Gasteiger partial charge in [-0.05, 0) is 56.0 Å². The quantitative estimate of drug-likeness (QED) is 0.403. The van der Waals surface area contributed by atoms with Crippen LogP contribution in [0.25, 0.3) is 0 Å². The summed E-state index contributed by atoms with van der Waals surface area (Å²) >= 11 is 7.58. The van der Waals surface area contributed by atoms with Crippen LogP contribution in [-0.2, 0) is 14.3 Å². The zero-order valence-electron chi connectivity index (χ0n) is 19.3. The summed E-state index contributed by atoms with van der Waals surface area (Å²) in [6.07, 6.45) is 4.19. The summed E-state index contributed by atoms with van der Waals surface area (Å²) < 4.78 is 5.40. The van der Waals surface area contributed by atoms with E-state index < -0.39 is 12.0 Å². The van der Waals surface area contributed by atoms with Crippen molar-refractivity contribution in [2.24, 2.45) is 4.99 Å². The first-order chi connectivity index (χ1) is 16.5. The second-order valence-corrected chi connectivity index (χ2v) is 9.68. The molecule has 1 amide bonds. The zero-order valence-corrected chi connectivity index (χ0v) is 20.8. The molecule has 0 unspecified atom stereocenters. The van der Waals surface area contributed by atoms with Gasteiger partial charge in [-0.15, -0.1) is 0 Å². The van der Waals surface area contributed by atoms with E-state index in [-0.39, 0.29) is 18.9 Å². The Balaban J connectivity index is 1.54. The summed E-state index contributed by atoms with van der Waals surface area (Å²) in [5, 5.41) is 6.31. The third-order valence-electron chi connectivity index (χ3n) is 6.03. The molecule has 0 aromatic heterocycles. The molecule has 4 rings (SSSR count). The summed E-state index contributed by atoms with van der Waals surface area (Å²) in [5.41, 5.74) is 2.70. The van der Waals surface area contributed by atoms with Gasteiger partial charge in [-0.2, -0.15) is 0 Å². The largest absolute Gasteiger partial charge is 0.458 e. The van der Waals surface area contributed by atoms with Crippen LogP contribution < -0.4 is 5.32 Å². The van der Waals surface area contributed by atoms with E-state index in [0.29, 0.717) is 22.8 Å². The Morgan fingerprint density at radius 2 is 2.03 bits per heavy atom. The van der Waals surface area contributed by atoms with Crippen molar-refractivity contribution < 1.29 is 14.3 Å². The van der Waals surface area contributed by atoms with Crippen LogP contribution in [-0.4, -0.2) is 59.6 Å². The van der Waals surface area contributed by atoms with Gasteiger partial charge >= 0.3 is 5.97 Å². The topological polar surface area (TPSA) is 74.2 Å². The van der Waals surface area contributed by atoms with Gasteiger partial charge < -0.3 is 19.9 Å². The fraction of sp³-hybridized carbons (Fsp3) is 0.400. The van der Waals surface area contributed by atoms with Crippen LogP contribution in [0.3, 0.4) is 0 Å². The molecule has 34 heavy (non-hydrogen) atoms. The second kappa shape index (κ2) is 11.3. The Morgan fingerprint density at radius 3 is 2.74 bits per heavy atom. The number of nitrogens with one attached hydrogen (secondary N) is 1. The molecule has 0 spiro atoms. The summed E-state index contributed by atoms with van der Waals surface area (Å²) in [6.45, 7) is 9.23. The predicted molar refractivity (Wildman–Crippen MR) is 136 cm³/mol. The Labute approximate surface area is 209 Å². The van der Waals surface area contributed by atoms with Crippen LogP contribution in [0.2, 0.25) is 5.02 Å². The normalized spacial score (nSPS) is 20.1. The molecular weight excluding hydrogens is 472 g/mol. The number of benzene rings is 1. The Morgan fingerprint density at radius 1 is 1.29 bits per heavy atom. The molecule has 3 heterocycles. The van der Waals surface area contributed by atoms with E-state index in [9.17, 15) is 9.59 Å². The predicted octanol–water partition coefficient (Wildman–Crippen LogP) is 4.25. The van der Waals surface area contributed by atoms with Gasteiger partial charge in [0.1, 0.15) is 6.61 Å². The third-order valence-corrected chi connectivity index (χ3v) is 7.17. The Kier molecular flexibility index (Phi) is 8.13. The van der Waals surface area contributed by atoms with Gasteiger partial charge in [0.05, 0.1) is 23.7 Å². The van der Waals surface area contributed by atoms with Gasteiger partial charge in [0, 0.05) is 23.8 Å². The van der Waals surface area contributed by atoms with E-state index in [4.69, 9.17) is 16.3 Å². The number of rotatable bonds is 9. The number of hydrogen-bond acceptors (Lipinski definition) is 7. The minimum Gasteiger partial charge on any atom is -0.458 e. The first kappa shape index (κ1) is 24.6. The van der Waals surface area contributed by atoms with Crippen LogP contribution in [0, 0.1) is 0 Å². The average molecular weight is 501 g/mol. The number of ether oxygens (including phenoxy) is 1. The van der Waals surface area contributed by atoms with Crippen LogP contribution in [0.4, 0.5) is 0 Å². The SMILES string of the molecule is C=CCOC(=O)C1=C(C)N=C2SC=C(CC(=O)NCCN3CCCC3)N2[C@@H]1c1ccc(Cl)cc1. The Bertz CT molecular complexity index is 1040. The number of aliphatic imine (C=N–C) groups is 1. The molecule has 0 radical (unpaired) electrons. The highest BCUT2D eigenvalue weighted by atomic mass is 35.5. The lowest BCUT2D eigenvalue weighted by atomic mass is 9.94. The highest BCUT2D eigenvalue weighted by Crippen LogP contribution is 2.44. The molecule has 3 aliphatic rings. The zero-order chi connectivity index (χ0) is 24.1. The monoisotopic (exact) mass is 500 g/mol. The van der Waals surface area contributed by atoms with Gasteiger partial charge in [0.15, 0.2) is 5.17 Å². The molecule has 9 heteroatoms. The lowest BCUT2D eigenvalue weighted by Gasteiger charge is -2.36. The molecule has 7 nitrogen and oxygen atoms in total. The van der Waals surface area contributed by atoms with E-state index >= 15 is 0 Å². The number of fused-ring (bicyclic) bond motifs is 1. The van der Waals surface area contributed by atoms with Crippen molar-refractivity contribution in [2.75, 3.05) is 32.8 Å². The smallest absolute Gasteiger partial charge is 0.338 e. The summed E-state index contributed by atoms with van der Waals surface area (Å²) in [6, 6.07) is 6.89. The van der Waals surface area contributed by atoms with E-state index in [1.807, 2.05) is 22.4 Å². The molecule has 0 aliphatic carbocycles. The number of esters is 1. The Hall–Kier alpha value is -2.55. The molecule has 0 bridgehead atoms. The van der Waals surface area contributed by atoms with Crippen molar-refractivity contribution in [3.63, 3.8) is 0 Å². The number of likely N-dealkylation sites (tertiary alicyclic amines) is 1. The molecule has 1 aromatic rings. The van der Waals surface area contributed by atoms with Crippen molar-refractivity contribution in [1.82, 2.24) is 15.1 Å². The third kappa shape index (κ3) is 5.56. The highest BCUT2D eigenvalue weighted by molar-refractivity contribution is 8.16. The van der Waals surface area contributed by atoms with E-state index in [1.165, 1.54) is 30.7 Å². The van der Waals surface area contributed by atoms with Gasteiger partial charge in [-0.3, -0.25) is 4.79 Å². The van der Waals surface area contributed by atoms with E-state index in [0.717, 1.165) is 36.1 Å². The molecule has 3 aliphatic heterocycles. The average Bonchev–Trinajstić information content (AvgIpc) is 3.47. The maximum absolute atomic E-state index is 13.0. The van der Waals surface area contributed by atoms with Crippen LogP contribution >= 0.6 is 23.4 Å². The van der Waals surface area contributed by atoms with E-state index in [2.05, 4.69) is 21.8 Å². The first-order valence-electron chi connectivity index (χ1n) is 11.4. The van der Waals surface area contributed by atoms with Crippen molar-refractivity contribution in [2.45, 2.75) is 32.2 Å². The molecule has 0 saturated carbocycles. The van der Waals surface area contributed by atoms with Gasteiger partial charge in [-0.1, -0.05) is 48.2 Å². The first-order valence-corrected chi connectivity index (χ1v) is 12.7. The number of hydrogen-bond donors (Lipinski definition) is 1. The maximum atomic E-state index is 13.0. The molecule has 1 saturated heterocycles. The number of carbonyl (C=O) groups excluding carboxylic acids is 2.